The lowest BCUT2D eigenvalue weighted by Crippen LogP contribution is -2.04. The molecule has 0 N–H and O–H groups in total. The van der Waals surface area contributed by atoms with Gasteiger partial charge >= 0.3 is 0 Å². The Morgan fingerprint density at radius 2 is 0.855 bits per heavy atom. The van der Waals surface area contributed by atoms with Crippen LogP contribution in [0.2, 0.25) is 0 Å². The largest absolute Gasteiger partial charge is 0.455 e. The maximum atomic E-state index is 11.0. The third kappa shape index (κ3) is 4.72. The fourth-order valence-corrected chi connectivity index (χ4v) is 9.85. The Morgan fingerprint density at radius 3 is 1.39 bits per heavy atom. The van der Waals surface area contributed by atoms with Crippen LogP contribution < -0.4 is 0 Å². The molecule has 0 aliphatic heterocycles. The van der Waals surface area contributed by atoms with Crippen LogP contribution in [-0.4, -0.2) is 9.13 Å². The van der Waals surface area contributed by atoms with E-state index in [9.17, 15) is 10.5 Å². The Balaban J connectivity index is 1.15. The molecule has 0 unspecified atom stereocenters. The second kappa shape index (κ2) is 12.8. The van der Waals surface area contributed by atoms with E-state index in [0.717, 1.165) is 115 Å². The lowest BCUT2D eigenvalue weighted by molar-refractivity contribution is 0.672. The normalized spacial score (nSPS) is 11.8. The molecule has 0 fully saturated rings. The van der Waals surface area contributed by atoms with Crippen molar-refractivity contribution in [1.29, 1.82) is 10.5 Å². The highest BCUT2D eigenvalue weighted by Gasteiger charge is 2.25. The van der Waals surface area contributed by atoms with E-state index in [0.29, 0.717) is 11.3 Å². The van der Waals surface area contributed by atoms with Crippen molar-refractivity contribution < 1.29 is 8.83 Å². The molecule has 0 aliphatic rings. The maximum absolute atomic E-state index is 11.0. The minimum atomic E-state index is 0.279. The quantitative estimate of drug-likeness (QED) is 0.178. The molecule has 0 atom stereocenters. The number of aromatic nitrogens is 2. The summed E-state index contributed by atoms with van der Waals surface area (Å²) in [7, 11) is 0. The molecule has 4 aromatic heterocycles. The molecule has 0 bridgehead atoms. The average molecular weight is 791 g/mol. The van der Waals surface area contributed by atoms with Crippen LogP contribution in [0.25, 0.3) is 121 Å². The molecule has 0 aliphatic carbocycles. The molecule has 62 heavy (non-hydrogen) atoms. The molecule has 6 nitrogen and oxygen atoms in total. The van der Waals surface area contributed by atoms with Crippen LogP contribution in [-0.2, 0) is 0 Å². The summed E-state index contributed by atoms with van der Waals surface area (Å²) in [5.41, 5.74) is 13.1. The minimum absolute atomic E-state index is 0.279. The van der Waals surface area contributed by atoms with E-state index < -0.39 is 0 Å². The van der Waals surface area contributed by atoms with E-state index in [1.54, 1.807) is 0 Å². The summed E-state index contributed by atoms with van der Waals surface area (Å²) in [4.78, 5) is 0. The van der Waals surface area contributed by atoms with Gasteiger partial charge in [0.15, 0.2) is 0 Å². The van der Waals surface area contributed by atoms with Gasteiger partial charge in [-0.2, -0.15) is 10.5 Å². The number of hydrogen-bond acceptors (Lipinski definition) is 4. The van der Waals surface area contributed by atoms with Gasteiger partial charge in [-0.05, 0) is 95.1 Å². The third-order valence-corrected chi connectivity index (χ3v) is 12.6. The van der Waals surface area contributed by atoms with Gasteiger partial charge in [0.25, 0.3) is 0 Å². The van der Waals surface area contributed by atoms with Crippen molar-refractivity contribution in [1.82, 2.24) is 9.13 Å². The average Bonchev–Trinajstić information content (AvgIpc) is 4.08. The number of hydrogen-bond donors (Lipinski definition) is 0. The number of para-hydroxylation sites is 2. The molecular formula is C56H30N4O2. The van der Waals surface area contributed by atoms with E-state index in [4.69, 9.17) is 8.83 Å². The lowest BCUT2D eigenvalue weighted by atomic mass is 10.0. The number of benzene rings is 9. The van der Waals surface area contributed by atoms with E-state index >= 15 is 0 Å². The van der Waals surface area contributed by atoms with E-state index in [2.05, 4.69) is 137 Å². The molecule has 13 rings (SSSR count). The zero-order valence-electron chi connectivity index (χ0n) is 32.9. The topological polar surface area (TPSA) is 83.7 Å². The van der Waals surface area contributed by atoms with Crippen molar-refractivity contribution in [2.75, 3.05) is 0 Å². The van der Waals surface area contributed by atoms with Crippen LogP contribution in [0.1, 0.15) is 11.1 Å². The van der Waals surface area contributed by atoms with Crippen molar-refractivity contribution in [2.24, 2.45) is 0 Å². The highest BCUT2D eigenvalue weighted by molar-refractivity contribution is 6.26. The zero-order chi connectivity index (χ0) is 41.1. The Hall–Kier alpha value is -8.84. The van der Waals surface area contributed by atoms with Crippen LogP contribution in [0.4, 0.5) is 0 Å². The summed E-state index contributed by atoms with van der Waals surface area (Å²) in [5, 5.41) is 29.9. The second-order valence-corrected chi connectivity index (χ2v) is 15.8. The molecule has 0 amide bonds. The first-order chi connectivity index (χ1) is 30.7. The summed E-state index contributed by atoms with van der Waals surface area (Å²) in [6, 6.07) is 67.2. The fraction of sp³-hybridized carbons (Fsp3) is 0. The molecule has 0 spiro atoms. The van der Waals surface area contributed by atoms with Crippen LogP contribution in [0.15, 0.2) is 191 Å². The van der Waals surface area contributed by atoms with Crippen LogP contribution in [0, 0.1) is 22.7 Å². The first kappa shape index (κ1) is 34.1. The summed E-state index contributed by atoms with van der Waals surface area (Å²) < 4.78 is 17.7. The molecule has 286 valence electrons. The first-order valence-corrected chi connectivity index (χ1v) is 20.5. The molecular weight excluding hydrogens is 761 g/mol. The monoisotopic (exact) mass is 790 g/mol. The first-order valence-electron chi connectivity index (χ1n) is 20.5. The van der Waals surface area contributed by atoms with Gasteiger partial charge < -0.3 is 18.0 Å². The van der Waals surface area contributed by atoms with Crippen molar-refractivity contribution >= 4 is 87.5 Å². The van der Waals surface area contributed by atoms with Gasteiger partial charge in [-0.15, -0.1) is 0 Å². The van der Waals surface area contributed by atoms with Crippen molar-refractivity contribution in [3.8, 4) is 45.8 Å². The highest BCUT2D eigenvalue weighted by atomic mass is 16.3. The second-order valence-electron chi connectivity index (χ2n) is 15.8. The Labute approximate surface area is 353 Å². The molecule has 0 radical (unpaired) electrons. The number of nitrogens with zero attached hydrogens (tertiary/aromatic N) is 4. The standard InChI is InChI=1S/C56H30N4O2/c57-31-37-27-38(59-46-23-19-35(33-11-3-1-4-12-33)28-43(46)53-48(59)25-21-41-39-15-7-9-17-51(39)61-55(41)53)30-50(45(37)32-58)60-47-24-20-36(34-13-5-2-6-14-34)29-44(47)54-49(60)26-22-42-40-16-8-10-18-52(40)62-56(42)54/h1-30H. The van der Waals surface area contributed by atoms with Crippen molar-refractivity contribution in [3.05, 3.63) is 193 Å². The van der Waals surface area contributed by atoms with E-state index in [1.165, 1.54) is 0 Å². The van der Waals surface area contributed by atoms with Gasteiger partial charge in [0.2, 0.25) is 0 Å². The highest BCUT2D eigenvalue weighted by Crippen LogP contribution is 2.45. The van der Waals surface area contributed by atoms with E-state index in [1.807, 2.05) is 66.7 Å². The lowest BCUT2D eigenvalue weighted by Gasteiger charge is -2.16. The Bertz CT molecular complexity index is 4110. The van der Waals surface area contributed by atoms with Crippen molar-refractivity contribution in [3.63, 3.8) is 0 Å². The fourth-order valence-electron chi connectivity index (χ4n) is 9.85. The summed E-state index contributed by atoms with van der Waals surface area (Å²) >= 11 is 0. The Kier molecular flexibility index (Phi) is 7.05. The molecule has 0 saturated carbocycles. The van der Waals surface area contributed by atoms with E-state index in [-0.39, 0.29) is 5.56 Å². The van der Waals surface area contributed by atoms with Gasteiger partial charge in [0, 0.05) is 38.0 Å². The van der Waals surface area contributed by atoms with Gasteiger partial charge in [-0.3, -0.25) is 0 Å². The summed E-state index contributed by atoms with van der Waals surface area (Å²) in [6.45, 7) is 0. The molecule has 13 aromatic rings. The van der Waals surface area contributed by atoms with Gasteiger partial charge in [0.05, 0.1) is 49.7 Å². The number of furan rings is 2. The zero-order valence-corrected chi connectivity index (χ0v) is 32.9. The van der Waals surface area contributed by atoms with Crippen LogP contribution in [0.3, 0.4) is 0 Å². The molecule has 4 heterocycles. The maximum Gasteiger partial charge on any atom is 0.145 e. The van der Waals surface area contributed by atoms with Crippen LogP contribution >= 0.6 is 0 Å². The molecule has 0 saturated heterocycles. The predicted molar refractivity (Wildman–Crippen MR) is 250 cm³/mol. The van der Waals surface area contributed by atoms with Gasteiger partial charge in [-0.1, -0.05) is 109 Å². The van der Waals surface area contributed by atoms with Crippen LogP contribution in [0.5, 0.6) is 0 Å². The third-order valence-electron chi connectivity index (χ3n) is 12.6. The minimum Gasteiger partial charge on any atom is -0.455 e. The molecule has 9 aromatic carbocycles. The van der Waals surface area contributed by atoms with Gasteiger partial charge in [0.1, 0.15) is 34.5 Å². The summed E-state index contributed by atoms with van der Waals surface area (Å²) in [6.07, 6.45) is 0. The predicted octanol–water partition coefficient (Wildman–Crippen LogP) is 14.8. The van der Waals surface area contributed by atoms with Gasteiger partial charge in [-0.25, -0.2) is 0 Å². The smallest absolute Gasteiger partial charge is 0.145 e. The number of nitriles is 2. The number of fused-ring (bicyclic) bond motifs is 14. The Morgan fingerprint density at radius 1 is 0.371 bits per heavy atom. The number of rotatable bonds is 4. The SMILES string of the molecule is N#Cc1cc(-n2c3ccc(-c4ccccc4)cc3c3c4oc5ccccc5c4ccc32)cc(-n2c3ccc(-c4ccccc4)cc3c3c4oc5ccccc5c4ccc32)c1C#N. The summed E-state index contributed by atoms with van der Waals surface area (Å²) in [5.74, 6) is 0. The van der Waals surface area contributed by atoms with Crippen molar-refractivity contribution in [2.45, 2.75) is 0 Å². The molecule has 6 heteroatoms.